The van der Waals surface area contributed by atoms with E-state index >= 15 is 0 Å². The standard InChI is InChI=1S/C34H45N3O6S2/c1-25-15-17-29-27(23-25)33(2,3)31(36(29)19-9-11-21-44(38,39)40)13-7-6-8-14-32-34(4,5)28-24-26(35)16-18-30(28)37(32)20-10-12-22-45(41,42)43/h6-8,13-18,23-24H,9-12,19-22,35H2,1-5H3,(H-,38,39,40,41,42,43)/p+1. The molecule has 4 rings (SSSR count). The molecule has 0 unspecified atom stereocenters. The minimum Gasteiger partial charge on any atom is -0.399 e. The molecule has 2 heterocycles. The first kappa shape index (κ1) is 34.6. The lowest BCUT2D eigenvalue weighted by Crippen LogP contribution is -2.28. The van der Waals surface area contributed by atoms with Crippen LogP contribution in [0.15, 0.2) is 72.5 Å². The van der Waals surface area contributed by atoms with Crippen molar-refractivity contribution in [3.05, 3.63) is 89.2 Å². The highest BCUT2D eigenvalue weighted by Gasteiger charge is 2.44. The number of anilines is 2. The molecule has 0 saturated carbocycles. The van der Waals surface area contributed by atoms with Crippen LogP contribution in [0, 0.1) is 6.92 Å². The van der Waals surface area contributed by atoms with Gasteiger partial charge in [0.1, 0.15) is 6.54 Å². The van der Waals surface area contributed by atoms with E-state index in [0.29, 0.717) is 44.5 Å². The van der Waals surface area contributed by atoms with Gasteiger partial charge in [0, 0.05) is 53.2 Å². The molecule has 11 heteroatoms. The number of nitrogens with zero attached hydrogens (tertiary/aromatic N) is 2. The third-order valence-electron chi connectivity index (χ3n) is 8.76. The zero-order valence-corrected chi connectivity index (χ0v) is 28.5. The van der Waals surface area contributed by atoms with Crippen LogP contribution in [0.4, 0.5) is 17.1 Å². The minimum atomic E-state index is -4.00. The minimum absolute atomic E-state index is 0.252. The highest BCUT2D eigenvalue weighted by atomic mass is 32.2. The fourth-order valence-corrected chi connectivity index (χ4v) is 7.57. The predicted molar refractivity (Wildman–Crippen MR) is 183 cm³/mol. The largest absolute Gasteiger partial charge is 0.399 e. The maximum atomic E-state index is 11.2. The van der Waals surface area contributed by atoms with Gasteiger partial charge in [0.05, 0.1) is 16.9 Å². The van der Waals surface area contributed by atoms with Gasteiger partial charge in [-0.2, -0.15) is 21.4 Å². The summed E-state index contributed by atoms with van der Waals surface area (Å²) in [5.74, 6) is -0.517. The Labute approximate surface area is 268 Å². The first-order valence-electron chi connectivity index (χ1n) is 15.3. The molecule has 9 nitrogen and oxygen atoms in total. The molecule has 0 aliphatic carbocycles. The molecule has 0 aromatic heterocycles. The van der Waals surface area contributed by atoms with Crippen molar-refractivity contribution in [1.29, 1.82) is 0 Å². The molecule has 2 aromatic rings. The van der Waals surface area contributed by atoms with Gasteiger partial charge in [-0.15, -0.1) is 0 Å². The van der Waals surface area contributed by atoms with Gasteiger partial charge in [-0.3, -0.25) is 9.11 Å². The third-order valence-corrected chi connectivity index (χ3v) is 10.4. The summed E-state index contributed by atoms with van der Waals surface area (Å²) in [4.78, 5) is 2.25. The van der Waals surface area contributed by atoms with Crippen LogP contribution in [0.2, 0.25) is 0 Å². The molecule has 2 aromatic carbocycles. The van der Waals surface area contributed by atoms with Crippen LogP contribution in [0.3, 0.4) is 0 Å². The molecule has 0 spiro atoms. The molecule has 0 radical (unpaired) electrons. The van der Waals surface area contributed by atoms with Crippen LogP contribution in [-0.4, -0.2) is 60.8 Å². The lowest BCUT2D eigenvalue weighted by molar-refractivity contribution is -0.438. The quantitative estimate of drug-likeness (QED) is 0.0774. The summed E-state index contributed by atoms with van der Waals surface area (Å²) < 4.78 is 65.5. The molecule has 0 bridgehead atoms. The first-order valence-corrected chi connectivity index (χ1v) is 18.5. The molecule has 2 aliphatic heterocycles. The van der Waals surface area contributed by atoms with E-state index in [0.717, 1.165) is 28.3 Å². The van der Waals surface area contributed by atoms with Crippen molar-refractivity contribution in [3.63, 3.8) is 0 Å². The summed E-state index contributed by atoms with van der Waals surface area (Å²) in [5, 5.41) is 0. The highest BCUT2D eigenvalue weighted by molar-refractivity contribution is 7.86. The van der Waals surface area contributed by atoms with E-state index in [4.69, 9.17) is 14.8 Å². The number of unbranched alkanes of at least 4 members (excludes halogenated alkanes) is 2. The number of rotatable bonds is 13. The monoisotopic (exact) mass is 656 g/mol. The molecule has 4 N–H and O–H groups in total. The van der Waals surface area contributed by atoms with Gasteiger partial charge < -0.3 is 10.6 Å². The van der Waals surface area contributed by atoms with Gasteiger partial charge in [-0.05, 0) is 69.9 Å². The second kappa shape index (κ2) is 13.2. The summed E-state index contributed by atoms with van der Waals surface area (Å²) in [5.41, 5.74) is 14.1. The van der Waals surface area contributed by atoms with Gasteiger partial charge in [-0.1, -0.05) is 49.8 Å². The highest BCUT2D eigenvalue weighted by Crippen LogP contribution is 2.48. The van der Waals surface area contributed by atoms with Gasteiger partial charge in [0.25, 0.3) is 20.2 Å². The van der Waals surface area contributed by atoms with Crippen LogP contribution in [0.1, 0.15) is 70.1 Å². The van der Waals surface area contributed by atoms with Crippen LogP contribution in [0.5, 0.6) is 0 Å². The fourth-order valence-electron chi connectivity index (χ4n) is 6.43. The van der Waals surface area contributed by atoms with E-state index in [1.54, 1.807) is 0 Å². The number of hydrogen-bond acceptors (Lipinski definition) is 6. The van der Waals surface area contributed by atoms with Crippen molar-refractivity contribution in [2.45, 2.75) is 71.1 Å². The number of aryl methyl sites for hydroxylation is 1. The summed E-state index contributed by atoms with van der Waals surface area (Å²) in [7, 11) is -8.00. The molecular formula is C34H46N3O6S2+. The number of nitrogen functional groups attached to an aromatic ring is 1. The lowest BCUT2D eigenvalue weighted by Gasteiger charge is -2.27. The van der Waals surface area contributed by atoms with E-state index in [-0.39, 0.29) is 22.3 Å². The summed E-state index contributed by atoms with van der Waals surface area (Å²) >= 11 is 0. The van der Waals surface area contributed by atoms with E-state index in [9.17, 15) is 16.8 Å². The molecule has 0 atom stereocenters. The maximum Gasteiger partial charge on any atom is 0.264 e. The summed E-state index contributed by atoms with van der Waals surface area (Å²) in [6.07, 6.45) is 12.1. The van der Waals surface area contributed by atoms with Crippen molar-refractivity contribution >= 4 is 43.0 Å². The van der Waals surface area contributed by atoms with Crippen molar-refractivity contribution in [2.75, 3.05) is 35.2 Å². The molecular weight excluding hydrogens is 611 g/mol. The van der Waals surface area contributed by atoms with Crippen LogP contribution >= 0.6 is 0 Å². The molecule has 2 aliphatic rings. The van der Waals surface area contributed by atoms with E-state index in [1.165, 1.54) is 11.1 Å². The summed E-state index contributed by atoms with van der Waals surface area (Å²) in [6, 6.07) is 12.3. The topological polar surface area (TPSA) is 141 Å². The molecule has 0 fully saturated rings. The van der Waals surface area contributed by atoms with Crippen molar-refractivity contribution < 1.29 is 30.5 Å². The average molecular weight is 657 g/mol. The van der Waals surface area contributed by atoms with Gasteiger partial charge in [-0.25, -0.2) is 0 Å². The van der Waals surface area contributed by atoms with Gasteiger partial charge in [0.2, 0.25) is 5.69 Å². The maximum absolute atomic E-state index is 11.2. The smallest absolute Gasteiger partial charge is 0.264 e. The SMILES string of the molecule is Cc1ccc2c(c1)C(C)(C)\C(=C/C=C/C=C/C1=[N+](CCCCS(=O)(=O)O)c3ccc(N)cc3C1(C)C)N2CCCCS(=O)(=O)O. The zero-order valence-electron chi connectivity index (χ0n) is 26.8. The van der Waals surface area contributed by atoms with Crippen molar-refractivity contribution in [2.24, 2.45) is 0 Å². The molecule has 0 saturated heterocycles. The fraction of sp³-hybridized carbons (Fsp3) is 0.441. The molecule has 0 amide bonds. The lowest BCUT2D eigenvalue weighted by atomic mass is 9.81. The third kappa shape index (κ3) is 8.13. The van der Waals surface area contributed by atoms with Crippen molar-refractivity contribution in [1.82, 2.24) is 0 Å². The Bertz CT molecular complexity index is 1790. The van der Waals surface area contributed by atoms with E-state index in [1.807, 2.05) is 36.4 Å². The Kier molecular flexibility index (Phi) is 10.2. The van der Waals surface area contributed by atoms with Crippen LogP contribution in [0.25, 0.3) is 0 Å². The number of hydrogen-bond donors (Lipinski definition) is 3. The average Bonchev–Trinajstić information content (AvgIpc) is 3.26. The van der Waals surface area contributed by atoms with Crippen LogP contribution in [-0.2, 0) is 31.1 Å². The normalized spacial score (nSPS) is 18.5. The predicted octanol–water partition coefficient (Wildman–Crippen LogP) is 6.08. The number of nitrogens with two attached hydrogens (primary N) is 1. The van der Waals surface area contributed by atoms with Gasteiger partial charge >= 0.3 is 0 Å². The van der Waals surface area contributed by atoms with Crippen LogP contribution < -0.4 is 10.6 Å². The Balaban J connectivity index is 1.60. The Morgan fingerprint density at radius 3 is 2.16 bits per heavy atom. The molecule has 244 valence electrons. The molecule has 45 heavy (non-hydrogen) atoms. The van der Waals surface area contributed by atoms with E-state index < -0.39 is 20.2 Å². The zero-order chi connectivity index (χ0) is 33.2. The second-order valence-electron chi connectivity index (χ2n) is 13.0. The summed E-state index contributed by atoms with van der Waals surface area (Å²) in [6.45, 7) is 12.0. The number of benzene rings is 2. The number of fused-ring (bicyclic) bond motifs is 2. The number of allylic oxidation sites excluding steroid dienone is 6. The Morgan fingerprint density at radius 1 is 0.822 bits per heavy atom. The Morgan fingerprint density at radius 2 is 1.49 bits per heavy atom. The Hall–Kier alpha value is -3.25. The van der Waals surface area contributed by atoms with Gasteiger partial charge in [0.15, 0.2) is 5.71 Å². The van der Waals surface area contributed by atoms with E-state index in [2.05, 4.69) is 74.4 Å². The second-order valence-corrected chi connectivity index (χ2v) is 16.2. The first-order chi connectivity index (χ1) is 20.9. The van der Waals surface area contributed by atoms with Crippen molar-refractivity contribution in [3.8, 4) is 0 Å².